The molecule has 10 heteroatoms. The van der Waals surface area contributed by atoms with Gasteiger partial charge in [0.25, 0.3) is 0 Å². The van der Waals surface area contributed by atoms with E-state index in [4.69, 9.17) is 30.5 Å². The van der Waals surface area contributed by atoms with Gasteiger partial charge in [-0.1, -0.05) is 35.9 Å². The molecule has 3 rings (SSSR count). The van der Waals surface area contributed by atoms with Crippen LogP contribution in [0.4, 0.5) is 9.18 Å². The molecule has 1 N–H and O–H groups in total. The average molecular weight is 574 g/mol. The van der Waals surface area contributed by atoms with E-state index in [1.807, 2.05) is 0 Å². The van der Waals surface area contributed by atoms with Gasteiger partial charge in [-0.2, -0.15) is 0 Å². The molecule has 1 atom stereocenters. The molecule has 0 saturated carbocycles. The molecule has 0 spiro atoms. The van der Waals surface area contributed by atoms with Crippen molar-refractivity contribution in [2.45, 2.75) is 32.5 Å². The van der Waals surface area contributed by atoms with Crippen LogP contribution in [0.5, 0.6) is 11.5 Å². The number of hydrogen-bond acceptors (Lipinski definition) is 6. The van der Waals surface area contributed by atoms with Crippen molar-refractivity contribution < 1.29 is 38.0 Å². The Balaban J connectivity index is 1.51. The number of benzene rings is 3. The van der Waals surface area contributed by atoms with Gasteiger partial charge in [0, 0.05) is 31.2 Å². The summed E-state index contributed by atoms with van der Waals surface area (Å²) in [4.78, 5) is 25.7. The van der Waals surface area contributed by atoms with E-state index < -0.39 is 18.2 Å². The van der Waals surface area contributed by atoms with Crippen LogP contribution in [-0.2, 0) is 27.3 Å². The molecule has 0 aliphatic carbocycles. The van der Waals surface area contributed by atoms with Crippen molar-refractivity contribution in [1.29, 1.82) is 0 Å². The molecule has 0 bridgehead atoms. The van der Waals surface area contributed by atoms with E-state index in [1.165, 1.54) is 17.0 Å². The highest BCUT2D eigenvalue weighted by molar-refractivity contribution is 6.30. The van der Waals surface area contributed by atoms with Gasteiger partial charge in [-0.25, -0.2) is 14.0 Å². The standard InChI is InChI=1S/C30H33ClFNO7/c1-2-38-28(29(34)35)20-22-6-12-26(13-7-22)39-19-17-33(30(36)40-27-14-8-24(31)9-15-27)16-3-18-37-21-23-4-10-25(32)11-5-23/h4-15,28H,2-3,16-21H2,1H3,(H,34,35). The predicted molar refractivity (Wildman–Crippen MR) is 148 cm³/mol. The zero-order chi connectivity index (χ0) is 28.7. The fourth-order valence-electron chi connectivity index (χ4n) is 3.72. The van der Waals surface area contributed by atoms with Gasteiger partial charge < -0.3 is 29.0 Å². The Hall–Kier alpha value is -3.66. The smallest absolute Gasteiger partial charge is 0.415 e. The van der Waals surface area contributed by atoms with Crippen molar-refractivity contribution in [2.75, 3.05) is 32.9 Å². The lowest BCUT2D eigenvalue weighted by Gasteiger charge is -2.22. The molecule has 8 nitrogen and oxygen atoms in total. The van der Waals surface area contributed by atoms with Crippen LogP contribution in [0.25, 0.3) is 0 Å². The number of rotatable bonds is 16. The Kier molecular flexibility index (Phi) is 12.7. The molecule has 1 amide bonds. The molecule has 0 fully saturated rings. The van der Waals surface area contributed by atoms with Gasteiger partial charge in [0.1, 0.15) is 23.9 Å². The maximum Gasteiger partial charge on any atom is 0.415 e. The maximum atomic E-state index is 13.1. The lowest BCUT2D eigenvalue weighted by atomic mass is 10.1. The largest absolute Gasteiger partial charge is 0.492 e. The van der Waals surface area contributed by atoms with E-state index in [1.54, 1.807) is 67.6 Å². The zero-order valence-electron chi connectivity index (χ0n) is 22.3. The Bertz CT molecular complexity index is 1190. The van der Waals surface area contributed by atoms with Gasteiger partial charge in [0.05, 0.1) is 13.2 Å². The molecule has 0 heterocycles. The predicted octanol–water partition coefficient (Wildman–Crippen LogP) is 6.00. The van der Waals surface area contributed by atoms with Crippen LogP contribution in [0, 0.1) is 5.82 Å². The number of halogens is 2. The number of hydrogen-bond donors (Lipinski definition) is 1. The summed E-state index contributed by atoms with van der Waals surface area (Å²) in [5.74, 6) is -0.352. The van der Waals surface area contributed by atoms with Gasteiger partial charge in [-0.3, -0.25) is 0 Å². The summed E-state index contributed by atoms with van der Waals surface area (Å²) in [5.41, 5.74) is 1.66. The van der Waals surface area contributed by atoms with Gasteiger partial charge in [0.2, 0.25) is 0 Å². The number of amides is 1. The second-order valence-electron chi connectivity index (χ2n) is 8.82. The fraction of sp³-hybridized carbons (Fsp3) is 0.333. The van der Waals surface area contributed by atoms with Crippen molar-refractivity contribution >= 4 is 23.7 Å². The van der Waals surface area contributed by atoms with E-state index in [-0.39, 0.29) is 25.4 Å². The minimum atomic E-state index is -1.01. The number of aliphatic carboxylic acids is 1. The van der Waals surface area contributed by atoms with Crippen molar-refractivity contribution in [2.24, 2.45) is 0 Å². The van der Waals surface area contributed by atoms with E-state index in [2.05, 4.69) is 0 Å². The number of carboxylic acids is 1. The molecule has 214 valence electrons. The average Bonchev–Trinajstić information content (AvgIpc) is 2.94. The summed E-state index contributed by atoms with van der Waals surface area (Å²) in [6.45, 7) is 3.64. The molecular formula is C30H33ClFNO7. The SMILES string of the molecule is CCOC(Cc1ccc(OCCN(CCCOCc2ccc(F)cc2)C(=O)Oc2ccc(Cl)cc2)cc1)C(=O)O. The van der Waals surface area contributed by atoms with Crippen molar-refractivity contribution in [1.82, 2.24) is 4.90 Å². The summed E-state index contributed by atoms with van der Waals surface area (Å²) < 4.78 is 35.3. The van der Waals surface area contributed by atoms with Crippen LogP contribution in [-0.4, -0.2) is 61.1 Å². The Morgan fingerprint density at radius 1 is 0.900 bits per heavy atom. The van der Waals surface area contributed by atoms with Gasteiger partial charge in [-0.05, 0) is 73.0 Å². The number of ether oxygens (including phenoxy) is 4. The summed E-state index contributed by atoms with van der Waals surface area (Å²) in [6.07, 6.45) is -0.639. The topological polar surface area (TPSA) is 94.5 Å². The molecule has 0 aromatic heterocycles. The molecule has 40 heavy (non-hydrogen) atoms. The Labute approximate surface area is 238 Å². The number of carboxylic acid groups (broad SMARTS) is 1. The molecule has 3 aromatic rings. The van der Waals surface area contributed by atoms with Crippen molar-refractivity contribution in [3.05, 3.63) is 94.8 Å². The third-order valence-corrected chi connectivity index (χ3v) is 6.05. The summed E-state index contributed by atoms with van der Waals surface area (Å²) in [5, 5.41) is 9.81. The number of carbonyl (C=O) groups excluding carboxylic acids is 1. The fourth-order valence-corrected chi connectivity index (χ4v) is 3.84. The molecule has 0 aliphatic heterocycles. The number of carbonyl (C=O) groups is 2. The van der Waals surface area contributed by atoms with Crippen LogP contribution >= 0.6 is 11.6 Å². The first-order valence-electron chi connectivity index (χ1n) is 12.9. The Morgan fingerprint density at radius 3 is 2.20 bits per heavy atom. The third kappa shape index (κ3) is 10.8. The van der Waals surface area contributed by atoms with E-state index >= 15 is 0 Å². The molecule has 1 unspecified atom stereocenters. The minimum Gasteiger partial charge on any atom is -0.492 e. The quantitative estimate of drug-likeness (QED) is 0.210. The van der Waals surface area contributed by atoms with Crippen LogP contribution in [0.15, 0.2) is 72.8 Å². The first-order chi connectivity index (χ1) is 19.3. The van der Waals surface area contributed by atoms with Gasteiger partial charge in [-0.15, -0.1) is 0 Å². The highest BCUT2D eigenvalue weighted by Crippen LogP contribution is 2.17. The third-order valence-electron chi connectivity index (χ3n) is 5.79. The first-order valence-corrected chi connectivity index (χ1v) is 13.3. The minimum absolute atomic E-state index is 0.211. The molecule has 0 saturated heterocycles. The maximum absolute atomic E-state index is 13.1. The summed E-state index contributed by atoms with van der Waals surface area (Å²) in [7, 11) is 0. The highest BCUT2D eigenvalue weighted by atomic mass is 35.5. The zero-order valence-corrected chi connectivity index (χ0v) is 23.0. The van der Waals surface area contributed by atoms with Gasteiger partial charge >= 0.3 is 12.1 Å². The summed E-state index contributed by atoms with van der Waals surface area (Å²) >= 11 is 5.92. The van der Waals surface area contributed by atoms with Crippen LogP contribution in [0.3, 0.4) is 0 Å². The molecule has 0 radical (unpaired) electrons. The van der Waals surface area contributed by atoms with E-state index in [0.717, 1.165) is 11.1 Å². The van der Waals surface area contributed by atoms with Crippen LogP contribution in [0.1, 0.15) is 24.5 Å². The van der Waals surface area contributed by atoms with Crippen molar-refractivity contribution in [3.8, 4) is 11.5 Å². The van der Waals surface area contributed by atoms with E-state index in [0.29, 0.717) is 49.3 Å². The molecular weight excluding hydrogens is 541 g/mol. The van der Waals surface area contributed by atoms with Crippen LogP contribution < -0.4 is 9.47 Å². The highest BCUT2D eigenvalue weighted by Gasteiger charge is 2.18. The second kappa shape index (κ2) is 16.4. The molecule has 0 aliphatic rings. The monoisotopic (exact) mass is 573 g/mol. The normalized spacial score (nSPS) is 11.6. The Morgan fingerprint density at radius 2 is 1.55 bits per heavy atom. The summed E-state index contributed by atoms with van der Waals surface area (Å²) in [6, 6.07) is 19.7. The second-order valence-corrected chi connectivity index (χ2v) is 9.26. The number of nitrogens with zero attached hydrogens (tertiary/aromatic N) is 1. The first kappa shape index (κ1) is 30.9. The lowest BCUT2D eigenvalue weighted by molar-refractivity contribution is -0.149. The van der Waals surface area contributed by atoms with Crippen LogP contribution in [0.2, 0.25) is 5.02 Å². The van der Waals surface area contributed by atoms with Crippen molar-refractivity contribution in [3.63, 3.8) is 0 Å². The van der Waals surface area contributed by atoms with E-state index in [9.17, 15) is 19.1 Å². The lowest BCUT2D eigenvalue weighted by Crippen LogP contribution is -2.38. The molecule has 3 aromatic carbocycles. The van der Waals surface area contributed by atoms with Gasteiger partial charge in [0.15, 0.2) is 6.10 Å².